The van der Waals surface area contributed by atoms with Gasteiger partial charge in [0, 0.05) is 83.9 Å². The van der Waals surface area contributed by atoms with Crippen LogP contribution in [0.2, 0.25) is 0 Å². The Labute approximate surface area is 480 Å². The Balaban J connectivity index is 1.00. The first-order chi connectivity index (χ1) is 40.2. The summed E-state index contributed by atoms with van der Waals surface area (Å²) in [7, 11) is 0. The number of esters is 4. The van der Waals surface area contributed by atoms with Crippen LogP contribution in [0.25, 0.3) is 90.9 Å². The Morgan fingerprint density at radius 3 is 1.19 bits per heavy atom. The highest BCUT2D eigenvalue weighted by Crippen LogP contribution is 2.42. The number of nitrogens with zero attached hydrogens (tertiary/aromatic N) is 2. The van der Waals surface area contributed by atoms with Crippen LogP contribution < -0.4 is 4.74 Å². The molecule has 16 heteroatoms. The smallest absolute Gasteiger partial charge is 0.303 e. The van der Waals surface area contributed by atoms with Crippen molar-refractivity contribution >= 4 is 70.2 Å². The van der Waals surface area contributed by atoms with Crippen LogP contribution in [0.3, 0.4) is 0 Å². The molecule has 424 valence electrons. The first-order valence-corrected chi connectivity index (χ1v) is 27.8. The molecule has 2 saturated heterocycles. The van der Waals surface area contributed by atoms with Gasteiger partial charge in [0.2, 0.25) is 6.29 Å². The Kier molecular flexibility index (Phi) is 16.3. The van der Waals surface area contributed by atoms with E-state index in [0.717, 1.165) is 83.7 Å². The molecule has 0 radical (unpaired) electrons. The van der Waals surface area contributed by atoms with Gasteiger partial charge in [-0.2, -0.15) is 0 Å². The number of nitrogens with one attached hydrogen (secondary N) is 2. The first-order valence-electron chi connectivity index (χ1n) is 27.8. The van der Waals surface area contributed by atoms with Crippen molar-refractivity contribution < 1.29 is 57.1 Å². The van der Waals surface area contributed by atoms with E-state index < -0.39 is 72.9 Å². The molecule has 16 nitrogen and oxygen atoms in total. The Hall–Kier alpha value is -8.96. The fourth-order valence-corrected chi connectivity index (χ4v) is 11.4. The molecule has 4 aliphatic heterocycles. The third-order valence-corrected chi connectivity index (χ3v) is 15.6. The average molecular weight is 1120 g/mol. The molecule has 2 fully saturated rings. The van der Waals surface area contributed by atoms with Gasteiger partial charge < -0.3 is 47.9 Å². The van der Waals surface area contributed by atoms with E-state index in [2.05, 4.69) is 82.8 Å². The number of fused-ring (bicyclic) bond motifs is 8. The van der Waals surface area contributed by atoms with Gasteiger partial charge in [0.15, 0.2) is 18.5 Å². The molecule has 11 rings (SSSR count). The minimum Gasteiger partial charge on any atom is -0.463 e. The number of hydrogen-bond donors (Lipinski definition) is 2. The predicted octanol–water partition coefficient (Wildman–Crippen LogP) is 12.4. The van der Waals surface area contributed by atoms with Crippen molar-refractivity contribution in [2.45, 2.75) is 91.6 Å². The van der Waals surface area contributed by atoms with E-state index >= 15 is 0 Å². The minimum absolute atomic E-state index is 0.0684. The van der Waals surface area contributed by atoms with Crippen molar-refractivity contribution in [2.24, 2.45) is 17.8 Å². The summed E-state index contributed by atoms with van der Waals surface area (Å²) >= 11 is 0. The lowest BCUT2D eigenvalue weighted by molar-refractivity contribution is -0.336. The lowest BCUT2D eigenvalue weighted by atomic mass is 9.83. The van der Waals surface area contributed by atoms with Crippen LogP contribution in [0.4, 0.5) is 0 Å². The van der Waals surface area contributed by atoms with Crippen LogP contribution in [0.1, 0.15) is 71.2 Å². The second-order valence-corrected chi connectivity index (χ2v) is 21.3. The second kappa shape index (κ2) is 24.2. The molecule has 0 saturated carbocycles. The van der Waals surface area contributed by atoms with Crippen molar-refractivity contribution in [1.29, 1.82) is 0 Å². The van der Waals surface area contributed by atoms with Crippen molar-refractivity contribution in [1.82, 2.24) is 19.9 Å². The molecule has 7 heterocycles. The first kappa shape index (κ1) is 55.9. The minimum atomic E-state index is -1.23. The molecule has 0 aliphatic carbocycles. The quantitative estimate of drug-likeness (QED) is 0.0769. The third kappa shape index (κ3) is 12.0. The molecule has 4 aliphatic rings. The van der Waals surface area contributed by atoms with Crippen LogP contribution in [0.15, 0.2) is 140 Å². The molecule has 2 N–H and O–H groups in total. The summed E-state index contributed by atoms with van der Waals surface area (Å²) in [5, 5.41) is 0. The Morgan fingerprint density at radius 2 is 0.795 bits per heavy atom. The highest BCUT2D eigenvalue weighted by atomic mass is 16.8. The highest BCUT2D eigenvalue weighted by Gasteiger charge is 2.52. The molecule has 7 aromatic rings. The van der Waals surface area contributed by atoms with Gasteiger partial charge in [0.25, 0.3) is 0 Å². The standard InChI is InChI=1S/C67H64N4O12/c1-37-38(2)64(78-42(6)74)67(81-57(37)35-76-40(4)72)83-63-39(3)65(79-43(7)75)66(82-58(63)36-77-41(5)73)80-48-25-23-47(24-26-48)62-55-33-31-53(70-55)60(45-19-13-9-14-20-45)51-29-27-49(68-51)59(44-17-11-8-12-18-44)50-28-30-52(69-50)61(46-21-15-10-16-22-46)54-32-34-56(62)71-54/h8-34,37-39,57-58,63-68,71H,35-36H2,1-7H3/t37-,38+,39+,57?,58?,63+,64?,65?,66-,67+/m1/s1. The molecule has 83 heavy (non-hydrogen) atoms. The van der Waals surface area contributed by atoms with E-state index in [1.165, 1.54) is 27.7 Å². The number of benzene rings is 4. The van der Waals surface area contributed by atoms with Crippen molar-refractivity contribution in [3.05, 3.63) is 162 Å². The van der Waals surface area contributed by atoms with Gasteiger partial charge in [0.05, 0.1) is 35.0 Å². The molecule has 4 unspecified atom stereocenters. The van der Waals surface area contributed by atoms with Crippen LogP contribution in [-0.4, -0.2) is 100 Å². The van der Waals surface area contributed by atoms with Gasteiger partial charge in [0.1, 0.15) is 25.1 Å². The molecule has 0 amide bonds. The van der Waals surface area contributed by atoms with E-state index in [4.69, 9.17) is 47.9 Å². The Morgan fingerprint density at radius 1 is 0.422 bits per heavy atom. The zero-order chi connectivity index (χ0) is 57.9. The molecule has 4 aromatic carbocycles. The van der Waals surface area contributed by atoms with Crippen molar-refractivity contribution in [2.75, 3.05) is 13.2 Å². The van der Waals surface area contributed by atoms with Gasteiger partial charge in [-0.05, 0) is 88.9 Å². The van der Waals surface area contributed by atoms with Gasteiger partial charge in [-0.15, -0.1) is 0 Å². The zero-order valence-electron chi connectivity index (χ0n) is 47.1. The summed E-state index contributed by atoms with van der Waals surface area (Å²) in [5.41, 5.74) is 13.9. The van der Waals surface area contributed by atoms with Crippen LogP contribution in [0.5, 0.6) is 5.75 Å². The normalized spacial score (nSPS) is 22.8. The monoisotopic (exact) mass is 1120 g/mol. The van der Waals surface area contributed by atoms with Gasteiger partial charge in [-0.1, -0.05) is 124 Å². The average Bonchev–Trinajstić information content (AvgIpc) is 4.54. The van der Waals surface area contributed by atoms with E-state index in [1.807, 2.05) is 105 Å². The molecule has 10 atom stereocenters. The summed E-state index contributed by atoms with van der Waals surface area (Å²) in [4.78, 5) is 68.2. The van der Waals surface area contributed by atoms with Crippen molar-refractivity contribution in [3.8, 4) is 50.3 Å². The number of rotatable bonds is 14. The zero-order valence-corrected chi connectivity index (χ0v) is 47.1. The van der Waals surface area contributed by atoms with Crippen LogP contribution >= 0.6 is 0 Å². The molecule has 3 aromatic heterocycles. The SMILES string of the molecule is CC(=O)OCC1O[C@@H](Oc2ccc(-c3c4nc(c(-c5ccccc5)c5ccc([nH]5)c(-c5ccccc5)c5nc(c(-c6ccccc6)c6ccc3[nH]6)C=C5)C=C4)cc2)C(OC(C)=O)[C@@H](C)[C@@H]1O[C@@H]1OC(COC(C)=O)[C@H](C)[C@H](C)C1OC(C)=O. The number of carbonyl (C=O) groups excluding carboxylic acids is 4. The van der Waals surface area contributed by atoms with Gasteiger partial charge >= 0.3 is 23.9 Å². The number of aromatic nitrogens is 4. The summed E-state index contributed by atoms with van der Waals surface area (Å²) in [6, 6.07) is 46.6. The van der Waals surface area contributed by atoms with Crippen LogP contribution in [0, 0.1) is 17.8 Å². The molecular formula is C67H64N4O12. The molecule has 8 bridgehead atoms. The lowest BCUT2D eigenvalue weighted by Crippen LogP contribution is -2.61. The summed E-state index contributed by atoms with van der Waals surface area (Å²) in [6.07, 6.45) is 1.23. The summed E-state index contributed by atoms with van der Waals surface area (Å²) in [5.74, 6) is -3.06. The van der Waals surface area contributed by atoms with Gasteiger partial charge in [-0.25, -0.2) is 9.97 Å². The predicted molar refractivity (Wildman–Crippen MR) is 315 cm³/mol. The second-order valence-electron chi connectivity index (χ2n) is 21.3. The van der Waals surface area contributed by atoms with E-state index in [0.29, 0.717) is 11.4 Å². The van der Waals surface area contributed by atoms with E-state index in [1.54, 1.807) is 6.92 Å². The summed E-state index contributed by atoms with van der Waals surface area (Å²) in [6.45, 7) is 10.4. The maximum atomic E-state index is 12.9. The lowest BCUT2D eigenvalue weighted by Gasteiger charge is -2.48. The number of aromatic amines is 2. The number of ether oxygens (including phenoxy) is 8. The topological polar surface area (TPSA) is 199 Å². The summed E-state index contributed by atoms with van der Waals surface area (Å²) < 4.78 is 49.1. The fraction of sp³-hybridized carbons (Fsp3) is 0.284. The molecule has 0 spiro atoms. The van der Waals surface area contributed by atoms with E-state index in [9.17, 15) is 19.2 Å². The maximum absolute atomic E-state index is 12.9. The highest BCUT2D eigenvalue weighted by molar-refractivity contribution is 6.00. The fourth-order valence-electron chi connectivity index (χ4n) is 11.4. The van der Waals surface area contributed by atoms with E-state index in [-0.39, 0.29) is 25.0 Å². The number of carbonyl (C=O) groups is 4. The third-order valence-electron chi connectivity index (χ3n) is 15.6. The molecular weight excluding hydrogens is 1050 g/mol. The largest absolute Gasteiger partial charge is 0.463 e. The maximum Gasteiger partial charge on any atom is 0.303 e. The van der Waals surface area contributed by atoms with Gasteiger partial charge in [-0.3, -0.25) is 19.2 Å². The van der Waals surface area contributed by atoms with Crippen LogP contribution in [-0.2, 0) is 52.3 Å². The number of H-pyrrole nitrogens is 2. The van der Waals surface area contributed by atoms with Crippen molar-refractivity contribution in [3.63, 3.8) is 0 Å². The Bertz CT molecular complexity index is 3740. The number of hydrogen-bond acceptors (Lipinski definition) is 14.